The molecule has 0 atom stereocenters. The molecule has 0 unspecified atom stereocenters. The highest BCUT2D eigenvalue weighted by atomic mass is 19.4. The van der Waals surface area contributed by atoms with E-state index in [0.29, 0.717) is 23.4 Å². The normalized spacial score (nSPS) is 11.7. The number of halogens is 3. The van der Waals surface area contributed by atoms with Crippen molar-refractivity contribution in [2.45, 2.75) is 12.7 Å². The number of rotatable bonds is 4. The minimum Gasteiger partial charge on any atom is -0.396 e. The first-order valence-corrected chi connectivity index (χ1v) is 8.23. The second-order valence-corrected chi connectivity index (χ2v) is 5.99. The zero-order valence-electron chi connectivity index (χ0n) is 14.3. The minimum absolute atomic E-state index is 0.238. The van der Waals surface area contributed by atoms with Gasteiger partial charge in [-0.2, -0.15) is 13.2 Å². The van der Waals surface area contributed by atoms with E-state index >= 15 is 0 Å². The Hall–Kier alpha value is -3.69. The van der Waals surface area contributed by atoms with Crippen LogP contribution in [0.1, 0.15) is 11.3 Å². The Labute approximate surface area is 156 Å². The van der Waals surface area contributed by atoms with Crippen molar-refractivity contribution in [3.8, 4) is 11.3 Å². The maximum absolute atomic E-state index is 13.0. The average molecular weight is 385 g/mol. The number of aromatic amines is 1. The third-order valence-corrected chi connectivity index (χ3v) is 4.08. The van der Waals surface area contributed by atoms with Crippen molar-refractivity contribution in [1.82, 2.24) is 24.9 Å². The number of H-pyrrole nitrogens is 1. The van der Waals surface area contributed by atoms with Gasteiger partial charge >= 0.3 is 6.18 Å². The summed E-state index contributed by atoms with van der Waals surface area (Å²) in [4.78, 5) is 19.4. The lowest BCUT2D eigenvalue weighted by atomic mass is 10.1. The van der Waals surface area contributed by atoms with Crippen LogP contribution in [0.25, 0.3) is 22.3 Å². The number of nitrogens with two attached hydrogens (primary N) is 1. The third-order valence-electron chi connectivity index (χ3n) is 4.08. The predicted octanol–water partition coefficient (Wildman–Crippen LogP) is 3.63. The van der Waals surface area contributed by atoms with E-state index in [1.807, 2.05) is 18.2 Å². The Balaban J connectivity index is 1.70. The summed E-state index contributed by atoms with van der Waals surface area (Å²) in [6.07, 6.45) is 0.888. The maximum atomic E-state index is 13.0. The largest absolute Gasteiger partial charge is 0.417 e. The summed E-state index contributed by atoms with van der Waals surface area (Å²) in [5.41, 5.74) is 7.19. The lowest BCUT2D eigenvalue weighted by Crippen LogP contribution is -2.07. The maximum Gasteiger partial charge on any atom is 0.417 e. The van der Waals surface area contributed by atoms with Crippen molar-refractivity contribution in [1.29, 1.82) is 0 Å². The van der Waals surface area contributed by atoms with Crippen LogP contribution in [0.15, 0.2) is 49.1 Å². The fourth-order valence-electron chi connectivity index (χ4n) is 2.72. The SMILES string of the molecule is Nc1cnc(NCc2ccccn2)nc1-c1c[nH]c2ncc(C(F)(F)F)cc12. The zero-order chi connectivity index (χ0) is 19.7. The van der Waals surface area contributed by atoms with Crippen molar-refractivity contribution in [3.05, 3.63) is 60.3 Å². The summed E-state index contributed by atoms with van der Waals surface area (Å²) in [5.74, 6) is 0.282. The second kappa shape index (κ2) is 6.80. The van der Waals surface area contributed by atoms with E-state index in [9.17, 15) is 13.2 Å². The van der Waals surface area contributed by atoms with Crippen LogP contribution in [0.4, 0.5) is 24.8 Å². The Kier molecular flexibility index (Phi) is 4.30. The number of hydrogen-bond donors (Lipinski definition) is 3. The van der Waals surface area contributed by atoms with Gasteiger partial charge in [0, 0.05) is 29.5 Å². The van der Waals surface area contributed by atoms with E-state index in [0.717, 1.165) is 18.0 Å². The summed E-state index contributed by atoms with van der Waals surface area (Å²) in [5, 5.41) is 3.30. The van der Waals surface area contributed by atoms with Gasteiger partial charge in [0.15, 0.2) is 0 Å². The molecule has 0 spiro atoms. The van der Waals surface area contributed by atoms with Gasteiger partial charge in [-0.3, -0.25) is 4.98 Å². The molecule has 7 nitrogen and oxygen atoms in total. The molecule has 4 aromatic rings. The van der Waals surface area contributed by atoms with Crippen LogP contribution in [0.5, 0.6) is 0 Å². The molecule has 28 heavy (non-hydrogen) atoms. The van der Waals surface area contributed by atoms with Gasteiger partial charge in [0.2, 0.25) is 5.95 Å². The van der Waals surface area contributed by atoms with Crippen LogP contribution in [0.3, 0.4) is 0 Å². The molecule has 4 heterocycles. The molecule has 0 aliphatic rings. The molecule has 4 rings (SSSR count). The number of pyridine rings is 2. The van der Waals surface area contributed by atoms with E-state index in [1.165, 1.54) is 12.4 Å². The Morgan fingerprint density at radius 3 is 2.71 bits per heavy atom. The van der Waals surface area contributed by atoms with Crippen molar-refractivity contribution in [3.63, 3.8) is 0 Å². The van der Waals surface area contributed by atoms with Gasteiger partial charge in [0.05, 0.1) is 29.7 Å². The highest BCUT2D eigenvalue weighted by Gasteiger charge is 2.31. The standard InChI is InChI=1S/C18H14F3N7/c19-18(20,21)10-5-12-13(8-25-16(12)24-6-10)15-14(22)9-27-17(28-15)26-7-11-3-1-2-4-23-11/h1-6,8-9H,7,22H2,(H,24,25)(H,26,27,28). The molecule has 0 amide bonds. The number of anilines is 2. The number of alkyl halides is 3. The number of fused-ring (bicyclic) bond motifs is 1. The topological polar surface area (TPSA) is 105 Å². The summed E-state index contributed by atoms with van der Waals surface area (Å²) >= 11 is 0. The molecule has 0 aliphatic heterocycles. The molecule has 0 saturated carbocycles. The zero-order valence-corrected chi connectivity index (χ0v) is 14.3. The van der Waals surface area contributed by atoms with Crippen LogP contribution < -0.4 is 11.1 Å². The molecule has 142 valence electrons. The molecular weight excluding hydrogens is 371 g/mol. The van der Waals surface area contributed by atoms with Gasteiger partial charge in [-0.25, -0.2) is 15.0 Å². The molecule has 0 fully saturated rings. The van der Waals surface area contributed by atoms with E-state index in [1.54, 1.807) is 6.20 Å². The molecule has 10 heteroatoms. The molecule has 4 N–H and O–H groups in total. The lowest BCUT2D eigenvalue weighted by Gasteiger charge is -2.09. The van der Waals surface area contributed by atoms with Crippen LogP contribution in [0, 0.1) is 0 Å². The Morgan fingerprint density at radius 2 is 1.96 bits per heavy atom. The number of nitrogens with zero attached hydrogens (tertiary/aromatic N) is 4. The Bertz CT molecular complexity index is 1120. The molecule has 0 saturated heterocycles. The van der Waals surface area contributed by atoms with E-state index < -0.39 is 11.7 Å². The van der Waals surface area contributed by atoms with E-state index in [-0.39, 0.29) is 17.0 Å². The van der Waals surface area contributed by atoms with Gasteiger partial charge < -0.3 is 16.0 Å². The summed E-state index contributed by atoms with van der Waals surface area (Å²) < 4.78 is 39.1. The van der Waals surface area contributed by atoms with Crippen LogP contribution in [-0.4, -0.2) is 24.9 Å². The molecule has 0 radical (unpaired) electrons. The van der Waals surface area contributed by atoms with E-state index in [4.69, 9.17) is 5.73 Å². The lowest BCUT2D eigenvalue weighted by molar-refractivity contribution is -0.137. The first-order valence-electron chi connectivity index (χ1n) is 8.23. The van der Waals surface area contributed by atoms with Crippen molar-refractivity contribution in [2.75, 3.05) is 11.1 Å². The summed E-state index contributed by atoms with van der Waals surface area (Å²) in [6.45, 7) is 0.387. The van der Waals surface area contributed by atoms with Crippen molar-refractivity contribution >= 4 is 22.7 Å². The fourth-order valence-corrected chi connectivity index (χ4v) is 2.72. The van der Waals surface area contributed by atoms with Gasteiger partial charge in [0.25, 0.3) is 0 Å². The van der Waals surface area contributed by atoms with Gasteiger partial charge in [-0.15, -0.1) is 0 Å². The fraction of sp³-hybridized carbons (Fsp3) is 0.111. The molecule has 0 bridgehead atoms. The smallest absolute Gasteiger partial charge is 0.396 e. The number of nitrogens with one attached hydrogen (secondary N) is 2. The third kappa shape index (κ3) is 3.43. The average Bonchev–Trinajstić information content (AvgIpc) is 3.10. The quantitative estimate of drug-likeness (QED) is 0.495. The summed E-state index contributed by atoms with van der Waals surface area (Å²) in [6, 6.07) is 6.53. The van der Waals surface area contributed by atoms with Gasteiger partial charge in [-0.1, -0.05) is 6.07 Å². The first kappa shape index (κ1) is 17.7. The van der Waals surface area contributed by atoms with Gasteiger partial charge in [-0.05, 0) is 18.2 Å². The molecular formula is C18H14F3N7. The number of nitrogen functional groups attached to an aromatic ring is 1. The number of aromatic nitrogens is 5. The minimum atomic E-state index is -4.50. The van der Waals surface area contributed by atoms with Gasteiger partial charge in [0.1, 0.15) is 11.3 Å². The second-order valence-electron chi connectivity index (χ2n) is 5.99. The molecule has 4 aromatic heterocycles. The van der Waals surface area contributed by atoms with Crippen molar-refractivity contribution < 1.29 is 13.2 Å². The monoisotopic (exact) mass is 385 g/mol. The molecule has 0 aromatic carbocycles. The van der Waals surface area contributed by atoms with Crippen molar-refractivity contribution in [2.24, 2.45) is 0 Å². The highest BCUT2D eigenvalue weighted by Crippen LogP contribution is 2.35. The first-order chi connectivity index (χ1) is 13.4. The van der Waals surface area contributed by atoms with Crippen LogP contribution >= 0.6 is 0 Å². The Morgan fingerprint density at radius 1 is 1.11 bits per heavy atom. The predicted molar refractivity (Wildman–Crippen MR) is 98.1 cm³/mol. The van der Waals surface area contributed by atoms with Crippen LogP contribution in [0.2, 0.25) is 0 Å². The highest BCUT2D eigenvalue weighted by molar-refractivity contribution is 5.95. The number of hydrogen-bond acceptors (Lipinski definition) is 6. The van der Waals surface area contributed by atoms with E-state index in [2.05, 4.69) is 30.2 Å². The summed E-state index contributed by atoms with van der Waals surface area (Å²) in [7, 11) is 0. The van der Waals surface area contributed by atoms with Crippen LogP contribution in [-0.2, 0) is 12.7 Å². The molecule has 0 aliphatic carbocycles.